The number of nitrogens with one attached hydrogen (secondary N) is 2. The van der Waals surface area contributed by atoms with Crippen LogP contribution in [0.25, 0.3) is 22.2 Å². The number of carbonyl (C=O) groups is 3. The molecule has 8 heterocycles. The van der Waals surface area contributed by atoms with Crippen molar-refractivity contribution >= 4 is 51.2 Å². The average molecular weight is 897 g/mol. The second-order valence-electron chi connectivity index (χ2n) is 20.0. The fourth-order valence-electron chi connectivity index (χ4n) is 11.1. The number of nitrogens with zero attached hydrogens (tertiary/aromatic N) is 6. The van der Waals surface area contributed by atoms with Crippen LogP contribution in [-0.4, -0.2) is 139 Å². The first-order valence-electron chi connectivity index (χ1n) is 23.4. The molecule has 10 rings (SSSR count). The Balaban J connectivity index is 1.06. The number of hydrogen-bond donors (Lipinski definition) is 2. The number of amides is 2. The molecule has 1 aromatic carbocycles. The van der Waals surface area contributed by atoms with E-state index in [1.54, 1.807) is 18.9 Å². The highest BCUT2D eigenvalue weighted by molar-refractivity contribution is 8.14. The molecule has 8 atom stereocenters. The van der Waals surface area contributed by atoms with Gasteiger partial charge in [-0.25, -0.2) is 10.2 Å². The molecule has 6 bridgehead atoms. The van der Waals surface area contributed by atoms with Crippen LogP contribution in [0, 0.1) is 23.2 Å². The summed E-state index contributed by atoms with van der Waals surface area (Å²) < 4.78 is 26.2. The third kappa shape index (κ3) is 8.14. The monoisotopic (exact) mass is 896 g/mol. The number of pyridine rings is 1. The number of rotatable bonds is 7. The first-order chi connectivity index (χ1) is 30.8. The molecule has 2 aromatic heterocycles. The number of morpholine rings is 1. The van der Waals surface area contributed by atoms with Gasteiger partial charge in [0.05, 0.1) is 79.5 Å². The van der Waals surface area contributed by atoms with Gasteiger partial charge in [-0.05, 0) is 81.2 Å². The Kier molecular flexibility index (Phi) is 11.8. The number of aliphatic imine (C=N–C) groups is 1. The number of benzene rings is 1. The van der Waals surface area contributed by atoms with Gasteiger partial charge in [-0.3, -0.25) is 29.5 Å². The Morgan fingerprint density at radius 2 is 1.91 bits per heavy atom. The van der Waals surface area contributed by atoms with Gasteiger partial charge in [0.25, 0.3) is 5.91 Å². The van der Waals surface area contributed by atoms with Gasteiger partial charge in [-0.15, -0.1) is 11.8 Å². The number of thioether (sulfide) groups is 1. The Bertz CT molecular complexity index is 2340. The predicted molar refractivity (Wildman–Crippen MR) is 246 cm³/mol. The molecule has 2 unspecified atom stereocenters. The number of esters is 1. The number of anilines is 1. The minimum atomic E-state index is -1.13. The van der Waals surface area contributed by atoms with Crippen molar-refractivity contribution in [2.24, 2.45) is 28.2 Å². The van der Waals surface area contributed by atoms with Crippen LogP contribution in [-0.2, 0) is 46.3 Å². The van der Waals surface area contributed by atoms with Crippen molar-refractivity contribution in [2.75, 3.05) is 83.5 Å². The number of fused-ring (bicyclic) bond motifs is 7. The molecule has 1 saturated carbocycles. The number of ether oxygens (including phenoxy) is 4. The van der Waals surface area contributed by atoms with E-state index in [2.05, 4.69) is 77.1 Å². The van der Waals surface area contributed by atoms with E-state index in [0.29, 0.717) is 45.1 Å². The summed E-state index contributed by atoms with van der Waals surface area (Å²) in [6, 6.07) is 8.42. The molecular formula is C48H64N8O7S. The topological polar surface area (TPSA) is 152 Å². The lowest BCUT2D eigenvalue weighted by atomic mass is 9.84. The zero-order valence-corrected chi connectivity index (χ0v) is 39.0. The number of aromatic nitrogens is 2. The van der Waals surface area contributed by atoms with Crippen molar-refractivity contribution in [3.63, 3.8) is 0 Å². The number of cyclic esters (lactones) is 1. The van der Waals surface area contributed by atoms with E-state index >= 15 is 0 Å². The maximum Gasteiger partial charge on any atom is 0.327 e. The van der Waals surface area contributed by atoms with Gasteiger partial charge in [0.2, 0.25) is 5.91 Å². The van der Waals surface area contributed by atoms with Crippen LogP contribution in [0.5, 0.6) is 0 Å². The fraction of sp³-hybridized carbons (Fsp3) is 0.646. The first kappa shape index (κ1) is 43.8. The van der Waals surface area contributed by atoms with Crippen LogP contribution in [0.2, 0.25) is 0 Å². The summed E-state index contributed by atoms with van der Waals surface area (Å²) in [5, 5.41) is 6.64. The summed E-state index contributed by atoms with van der Waals surface area (Å²) in [6.07, 6.45) is 3.74. The lowest BCUT2D eigenvalue weighted by molar-refractivity contribution is -0.162. The predicted octanol–water partition coefficient (Wildman–Crippen LogP) is 4.92. The van der Waals surface area contributed by atoms with Crippen molar-refractivity contribution in [3.8, 4) is 11.3 Å². The summed E-state index contributed by atoms with van der Waals surface area (Å²) in [5.41, 5.74) is 9.12. The van der Waals surface area contributed by atoms with Gasteiger partial charge in [-0.1, -0.05) is 19.9 Å². The van der Waals surface area contributed by atoms with Gasteiger partial charge in [0.15, 0.2) is 0 Å². The average Bonchev–Trinajstić information content (AvgIpc) is 3.63. The molecule has 2 amide bonds. The standard InChI is InChI=1S/C48H64N8O7S/c1-7-55-39-10-9-29-17-32(39)34(43(55)33-18-30(21-49-42(33)28(2)60-6)54-14-13-53-15-16-61-23-31(53)22-54)20-47(3,4)27-63-46(59)48(5)11-8-12-56(52-48)45(58)37(19-40-50-38(29)26-64-40)51-44(57)41-35-24-62-25-36(35)41/h9-10,17-18,21,28,31,35-38,41,52H,7-8,11-16,19-20,22-27H2,1-6H3,(H,51,57)/t28-,31-,35-,36+,37-,38?,41?,48+/m0/s1. The molecule has 4 saturated heterocycles. The summed E-state index contributed by atoms with van der Waals surface area (Å²) in [7, 11) is 1.74. The summed E-state index contributed by atoms with van der Waals surface area (Å²) in [6.45, 7) is 18.1. The molecule has 7 aliphatic rings. The first-order valence-corrected chi connectivity index (χ1v) is 24.4. The van der Waals surface area contributed by atoms with Crippen molar-refractivity contribution in [2.45, 2.75) is 96.6 Å². The maximum atomic E-state index is 14.5. The van der Waals surface area contributed by atoms with Gasteiger partial charge in [0, 0.05) is 86.4 Å². The zero-order chi connectivity index (χ0) is 44.5. The van der Waals surface area contributed by atoms with Crippen molar-refractivity contribution in [1.82, 2.24) is 30.2 Å². The Labute approximate surface area is 380 Å². The van der Waals surface area contributed by atoms with Gasteiger partial charge >= 0.3 is 5.97 Å². The Hall–Kier alpha value is -4.06. The van der Waals surface area contributed by atoms with Crippen LogP contribution >= 0.6 is 11.8 Å². The number of hydrazine groups is 1. The summed E-state index contributed by atoms with van der Waals surface area (Å²) in [4.78, 5) is 57.9. The summed E-state index contributed by atoms with van der Waals surface area (Å²) in [5.74, 6) is 0.211. The Morgan fingerprint density at radius 1 is 1.08 bits per heavy atom. The van der Waals surface area contributed by atoms with E-state index in [9.17, 15) is 14.4 Å². The zero-order valence-electron chi connectivity index (χ0n) is 38.2. The molecule has 64 heavy (non-hydrogen) atoms. The van der Waals surface area contributed by atoms with Crippen molar-refractivity contribution in [3.05, 3.63) is 47.3 Å². The lowest BCUT2D eigenvalue weighted by Gasteiger charge is -2.44. The van der Waals surface area contributed by atoms with Gasteiger partial charge in [0.1, 0.15) is 11.6 Å². The van der Waals surface area contributed by atoms with Crippen molar-refractivity contribution in [1.29, 1.82) is 0 Å². The third-order valence-electron chi connectivity index (χ3n) is 15.0. The highest BCUT2D eigenvalue weighted by Gasteiger charge is 2.58. The highest BCUT2D eigenvalue weighted by Crippen LogP contribution is 2.51. The molecule has 15 nitrogen and oxygen atoms in total. The molecule has 5 fully saturated rings. The van der Waals surface area contributed by atoms with Gasteiger partial charge in [-0.2, -0.15) is 0 Å². The molecule has 1 aliphatic carbocycles. The quantitative estimate of drug-likeness (QED) is 0.310. The molecule has 0 radical (unpaired) electrons. The van der Waals surface area contributed by atoms with E-state index in [1.807, 2.05) is 13.1 Å². The number of carbonyl (C=O) groups excluding carboxylic acids is 3. The molecule has 0 spiro atoms. The van der Waals surface area contributed by atoms with Crippen LogP contribution in [0.1, 0.15) is 82.8 Å². The number of aryl methyl sites for hydroxylation is 1. The van der Waals surface area contributed by atoms with Crippen molar-refractivity contribution < 1.29 is 33.3 Å². The molecule has 344 valence electrons. The van der Waals surface area contributed by atoms with E-state index in [0.717, 1.165) is 95.8 Å². The molecular weight excluding hydrogens is 833 g/mol. The highest BCUT2D eigenvalue weighted by atomic mass is 32.2. The second-order valence-corrected chi connectivity index (χ2v) is 21.1. The SMILES string of the molecule is CCn1c(-c2cc(N3CCN4CCOC[C@@H]4C3)cnc2[C@H](C)OC)c2c3cc(ccc31)C1CSC(=N1)C[C@H](NC(=O)C1[C@H]3COC[C@@H]13)C(=O)N1CCC[C@@](C)(N1)C(=O)OCC(C)(C)C2. The van der Waals surface area contributed by atoms with Crippen LogP contribution < -0.4 is 15.6 Å². The largest absolute Gasteiger partial charge is 0.464 e. The molecule has 2 N–H and O–H groups in total. The minimum Gasteiger partial charge on any atom is -0.464 e. The smallest absolute Gasteiger partial charge is 0.327 e. The van der Waals surface area contributed by atoms with Gasteiger partial charge < -0.3 is 33.7 Å². The van der Waals surface area contributed by atoms with Crippen LogP contribution in [0.4, 0.5) is 5.69 Å². The van der Waals surface area contributed by atoms with E-state index in [4.69, 9.17) is 28.9 Å². The number of piperazine rings is 1. The molecule has 6 aliphatic heterocycles. The number of methoxy groups -OCH3 is 1. The Morgan fingerprint density at radius 3 is 2.70 bits per heavy atom. The maximum absolute atomic E-state index is 14.5. The number of hydrogen-bond acceptors (Lipinski definition) is 13. The van der Waals surface area contributed by atoms with E-state index < -0.39 is 23.0 Å². The molecule has 3 aromatic rings. The summed E-state index contributed by atoms with van der Waals surface area (Å²) >= 11 is 1.65. The van der Waals surface area contributed by atoms with E-state index in [-0.39, 0.29) is 54.7 Å². The fourth-order valence-corrected chi connectivity index (χ4v) is 12.2. The lowest BCUT2D eigenvalue weighted by Crippen LogP contribution is -2.65. The van der Waals surface area contributed by atoms with Crippen LogP contribution in [0.15, 0.2) is 35.5 Å². The second kappa shape index (κ2) is 17.3. The van der Waals surface area contributed by atoms with E-state index in [1.165, 1.54) is 10.6 Å². The third-order valence-corrected chi connectivity index (χ3v) is 16.0. The van der Waals surface area contributed by atoms with Crippen LogP contribution in [0.3, 0.4) is 0 Å². The molecule has 16 heteroatoms. The minimum absolute atomic E-state index is 0.111. The normalized spacial score (nSPS) is 31.2.